The molecule has 0 aliphatic carbocycles. The fourth-order valence-electron chi connectivity index (χ4n) is 2.17. The Hall–Kier alpha value is -2.65. The highest BCUT2D eigenvalue weighted by Crippen LogP contribution is 2.20. The Kier molecular flexibility index (Phi) is 7.14. The lowest BCUT2D eigenvalue weighted by Gasteiger charge is -2.11. The highest BCUT2D eigenvalue weighted by atomic mass is 32.2. The van der Waals surface area contributed by atoms with Crippen molar-refractivity contribution in [2.45, 2.75) is 24.7 Å². The van der Waals surface area contributed by atoms with Gasteiger partial charge in [0.15, 0.2) is 5.11 Å². The number of carbonyl (C=O) groups excluding carboxylic acids is 1. The molecule has 0 atom stereocenters. The van der Waals surface area contributed by atoms with Crippen LogP contribution in [0.5, 0.6) is 5.75 Å². The summed E-state index contributed by atoms with van der Waals surface area (Å²) in [5, 5.41) is 5.57. The molecule has 7 nitrogen and oxygen atoms in total. The fourth-order valence-corrected chi connectivity index (χ4v) is 3.46. The van der Waals surface area contributed by atoms with E-state index in [1.165, 1.54) is 19.2 Å². The topological polar surface area (TPSA) is 96.5 Å². The lowest BCUT2D eigenvalue weighted by molar-refractivity contribution is -0.119. The van der Waals surface area contributed by atoms with Crippen molar-refractivity contribution in [3.05, 3.63) is 48.5 Å². The third kappa shape index (κ3) is 6.22. The van der Waals surface area contributed by atoms with Crippen LogP contribution in [-0.2, 0) is 14.8 Å². The zero-order valence-electron chi connectivity index (χ0n) is 15.0. The number of benzene rings is 2. The molecule has 0 heterocycles. The summed E-state index contributed by atoms with van der Waals surface area (Å²) >= 11 is 5.06. The Morgan fingerprint density at radius 2 is 1.63 bits per heavy atom. The van der Waals surface area contributed by atoms with Crippen molar-refractivity contribution >= 4 is 44.6 Å². The SMILES string of the molecule is CCCC(=O)NC(=S)Nc1ccc(S(=O)(=O)Nc2ccc(OC)cc2)cc1. The molecule has 27 heavy (non-hydrogen) atoms. The first-order valence-corrected chi connectivity index (χ1v) is 10.1. The van der Waals surface area contributed by atoms with Gasteiger partial charge in [-0.15, -0.1) is 0 Å². The maximum absolute atomic E-state index is 12.5. The van der Waals surface area contributed by atoms with Crippen molar-refractivity contribution in [2.75, 3.05) is 17.1 Å². The van der Waals surface area contributed by atoms with Gasteiger partial charge in [-0.05, 0) is 67.2 Å². The third-order valence-corrected chi connectivity index (χ3v) is 5.10. The normalized spacial score (nSPS) is 10.7. The van der Waals surface area contributed by atoms with Crippen LogP contribution < -0.4 is 20.1 Å². The first kappa shape index (κ1) is 20.7. The zero-order chi connectivity index (χ0) is 19.9. The number of methoxy groups -OCH3 is 1. The van der Waals surface area contributed by atoms with E-state index < -0.39 is 10.0 Å². The Morgan fingerprint density at radius 3 is 2.19 bits per heavy atom. The van der Waals surface area contributed by atoms with Gasteiger partial charge in [-0.25, -0.2) is 8.42 Å². The lowest BCUT2D eigenvalue weighted by atomic mass is 10.3. The summed E-state index contributed by atoms with van der Waals surface area (Å²) in [4.78, 5) is 11.6. The molecule has 0 spiro atoms. The Bertz CT molecular complexity index is 895. The van der Waals surface area contributed by atoms with E-state index in [-0.39, 0.29) is 15.9 Å². The predicted octanol–water partition coefficient (Wildman–Crippen LogP) is 3.11. The number of nitrogens with one attached hydrogen (secondary N) is 3. The van der Waals surface area contributed by atoms with Crippen LogP contribution in [0.2, 0.25) is 0 Å². The summed E-state index contributed by atoms with van der Waals surface area (Å²) in [5.41, 5.74) is 0.998. The van der Waals surface area contributed by atoms with Crippen LogP contribution in [0.25, 0.3) is 0 Å². The molecular formula is C18H21N3O4S2. The van der Waals surface area contributed by atoms with Gasteiger partial charge in [0, 0.05) is 17.8 Å². The van der Waals surface area contributed by atoms with E-state index in [9.17, 15) is 13.2 Å². The summed E-state index contributed by atoms with van der Waals surface area (Å²) in [6, 6.07) is 12.6. The quantitative estimate of drug-likeness (QED) is 0.611. The minimum atomic E-state index is -3.73. The van der Waals surface area contributed by atoms with Crippen molar-refractivity contribution in [1.29, 1.82) is 0 Å². The van der Waals surface area contributed by atoms with Crippen LogP contribution in [0.15, 0.2) is 53.4 Å². The second-order valence-electron chi connectivity index (χ2n) is 5.61. The molecule has 9 heteroatoms. The summed E-state index contributed by atoms with van der Waals surface area (Å²) in [6.07, 6.45) is 1.11. The monoisotopic (exact) mass is 407 g/mol. The van der Waals surface area contributed by atoms with E-state index in [0.717, 1.165) is 6.42 Å². The molecule has 0 saturated heterocycles. The van der Waals surface area contributed by atoms with Crippen LogP contribution in [0.1, 0.15) is 19.8 Å². The maximum atomic E-state index is 12.5. The van der Waals surface area contributed by atoms with E-state index in [1.54, 1.807) is 36.4 Å². The van der Waals surface area contributed by atoms with Gasteiger partial charge in [0.2, 0.25) is 5.91 Å². The summed E-state index contributed by atoms with van der Waals surface area (Å²) in [5.74, 6) is 0.466. The molecule has 2 aromatic carbocycles. The number of thiocarbonyl (C=S) groups is 1. The van der Waals surface area contributed by atoms with Gasteiger partial charge >= 0.3 is 0 Å². The molecule has 0 aromatic heterocycles. The molecule has 2 aromatic rings. The summed E-state index contributed by atoms with van der Waals surface area (Å²) in [7, 11) is -2.19. The molecule has 2 rings (SSSR count). The van der Waals surface area contributed by atoms with E-state index in [4.69, 9.17) is 17.0 Å². The molecule has 0 aliphatic heterocycles. The van der Waals surface area contributed by atoms with Crippen molar-refractivity contribution < 1.29 is 17.9 Å². The van der Waals surface area contributed by atoms with Crippen molar-refractivity contribution in [3.8, 4) is 5.75 Å². The van der Waals surface area contributed by atoms with Crippen molar-refractivity contribution in [3.63, 3.8) is 0 Å². The zero-order valence-corrected chi connectivity index (χ0v) is 16.6. The number of carbonyl (C=O) groups is 1. The Morgan fingerprint density at radius 1 is 1.04 bits per heavy atom. The van der Waals surface area contributed by atoms with Gasteiger partial charge in [0.25, 0.3) is 10.0 Å². The number of sulfonamides is 1. The highest BCUT2D eigenvalue weighted by molar-refractivity contribution is 7.92. The number of anilines is 2. The molecular weight excluding hydrogens is 386 g/mol. The summed E-state index contributed by atoms with van der Waals surface area (Å²) in [6.45, 7) is 1.90. The Balaban J connectivity index is 2.02. The maximum Gasteiger partial charge on any atom is 0.261 e. The lowest BCUT2D eigenvalue weighted by Crippen LogP contribution is -2.33. The first-order valence-electron chi connectivity index (χ1n) is 8.22. The average Bonchev–Trinajstić information content (AvgIpc) is 2.62. The molecule has 1 amide bonds. The number of rotatable bonds is 7. The second-order valence-corrected chi connectivity index (χ2v) is 7.70. The smallest absolute Gasteiger partial charge is 0.261 e. The third-order valence-electron chi connectivity index (χ3n) is 3.49. The van der Waals surface area contributed by atoms with E-state index in [0.29, 0.717) is 23.5 Å². The number of amides is 1. The summed E-state index contributed by atoms with van der Waals surface area (Å²) < 4.78 is 32.5. The molecule has 0 unspecified atom stereocenters. The van der Waals surface area contributed by atoms with E-state index in [2.05, 4.69) is 15.4 Å². The number of hydrogen-bond donors (Lipinski definition) is 3. The van der Waals surface area contributed by atoms with Crippen LogP contribution in [-0.4, -0.2) is 26.5 Å². The first-order chi connectivity index (χ1) is 12.8. The van der Waals surface area contributed by atoms with E-state index in [1.807, 2.05) is 6.92 Å². The van der Waals surface area contributed by atoms with Crippen molar-refractivity contribution in [2.24, 2.45) is 0 Å². The minimum Gasteiger partial charge on any atom is -0.497 e. The predicted molar refractivity (Wildman–Crippen MR) is 110 cm³/mol. The number of ether oxygens (including phenoxy) is 1. The van der Waals surface area contributed by atoms with Gasteiger partial charge in [-0.2, -0.15) is 0 Å². The van der Waals surface area contributed by atoms with Gasteiger partial charge in [-0.3, -0.25) is 9.52 Å². The Labute approximate surface area is 164 Å². The molecule has 0 aliphatic rings. The van der Waals surface area contributed by atoms with E-state index >= 15 is 0 Å². The average molecular weight is 408 g/mol. The van der Waals surface area contributed by atoms with Gasteiger partial charge in [0.05, 0.1) is 12.0 Å². The van der Waals surface area contributed by atoms with Crippen molar-refractivity contribution in [1.82, 2.24) is 5.32 Å². The molecule has 144 valence electrons. The molecule has 0 bridgehead atoms. The molecule has 0 fully saturated rings. The van der Waals surface area contributed by atoms with Crippen LogP contribution in [0, 0.1) is 0 Å². The highest BCUT2D eigenvalue weighted by Gasteiger charge is 2.14. The molecule has 0 radical (unpaired) electrons. The van der Waals surface area contributed by atoms with Gasteiger partial charge in [-0.1, -0.05) is 6.92 Å². The fraction of sp³-hybridized carbons (Fsp3) is 0.222. The molecule has 0 saturated carbocycles. The van der Waals surface area contributed by atoms with Crippen LogP contribution >= 0.6 is 12.2 Å². The minimum absolute atomic E-state index is 0.102. The van der Waals surface area contributed by atoms with Crippen LogP contribution in [0.3, 0.4) is 0 Å². The number of hydrogen-bond acceptors (Lipinski definition) is 5. The van der Waals surface area contributed by atoms with Gasteiger partial charge < -0.3 is 15.4 Å². The second kappa shape index (κ2) is 9.33. The largest absolute Gasteiger partial charge is 0.497 e. The van der Waals surface area contributed by atoms with Gasteiger partial charge in [0.1, 0.15) is 5.75 Å². The molecule has 3 N–H and O–H groups in total. The standard InChI is InChI=1S/C18H21N3O4S2/c1-3-4-17(22)20-18(26)19-13-7-11-16(12-8-13)27(23,24)21-14-5-9-15(25-2)10-6-14/h5-12,21H,3-4H2,1-2H3,(H2,19,20,22,26). The van der Waals surface area contributed by atoms with Crippen LogP contribution in [0.4, 0.5) is 11.4 Å².